The zero-order valence-electron chi connectivity index (χ0n) is 14.6. The lowest BCUT2D eigenvalue weighted by Gasteiger charge is -2.13. The number of aromatic nitrogens is 2. The molecule has 10 heteroatoms. The standard InChI is InChI=1S/C18H15F2N3O4S/c1-10(18(25)21-14-3-2-12(19)8-13(14)20)26-16(24)5-4-15-22-17(23-27-15)11-6-7-28-9-11/h2-3,6-10H,4-5H2,1H3,(H,21,25)/t10-/m0/s1. The minimum Gasteiger partial charge on any atom is -0.453 e. The van der Waals surface area contributed by atoms with Crippen molar-refractivity contribution >= 4 is 28.9 Å². The number of nitrogens with one attached hydrogen (secondary N) is 1. The van der Waals surface area contributed by atoms with Crippen molar-refractivity contribution in [2.24, 2.45) is 0 Å². The van der Waals surface area contributed by atoms with E-state index in [4.69, 9.17) is 9.26 Å². The number of halogens is 2. The number of ether oxygens (including phenoxy) is 1. The molecular formula is C18H15F2N3O4S. The molecule has 7 nitrogen and oxygen atoms in total. The van der Waals surface area contributed by atoms with Gasteiger partial charge in [-0.15, -0.1) is 0 Å². The Bertz CT molecular complexity index is 975. The summed E-state index contributed by atoms with van der Waals surface area (Å²) in [6.07, 6.45) is -1.09. The van der Waals surface area contributed by atoms with E-state index in [9.17, 15) is 18.4 Å². The van der Waals surface area contributed by atoms with Crippen LogP contribution in [0.5, 0.6) is 0 Å². The van der Waals surface area contributed by atoms with Gasteiger partial charge in [-0.2, -0.15) is 16.3 Å². The minimum absolute atomic E-state index is 0.0756. The first-order chi connectivity index (χ1) is 13.4. The molecule has 0 saturated carbocycles. The highest BCUT2D eigenvalue weighted by Crippen LogP contribution is 2.19. The van der Waals surface area contributed by atoms with Crippen molar-refractivity contribution in [1.82, 2.24) is 10.1 Å². The van der Waals surface area contributed by atoms with E-state index in [1.807, 2.05) is 16.8 Å². The van der Waals surface area contributed by atoms with E-state index in [1.165, 1.54) is 18.3 Å². The number of benzene rings is 1. The average molecular weight is 407 g/mol. The van der Waals surface area contributed by atoms with Gasteiger partial charge in [0.05, 0.1) is 12.1 Å². The molecule has 1 atom stereocenters. The summed E-state index contributed by atoms with van der Waals surface area (Å²) in [6, 6.07) is 4.57. The maximum atomic E-state index is 13.6. The van der Waals surface area contributed by atoms with Crippen LogP contribution in [0.25, 0.3) is 11.4 Å². The van der Waals surface area contributed by atoms with Gasteiger partial charge in [0.25, 0.3) is 5.91 Å². The molecule has 0 aliphatic carbocycles. The molecule has 0 radical (unpaired) electrons. The summed E-state index contributed by atoms with van der Waals surface area (Å²) in [4.78, 5) is 28.1. The van der Waals surface area contributed by atoms with Crippen molar-refractivity contribution in [3.05, 3.63) is 52.6 Å². The van der Waals surface area contributed by atoms with Crippen LogP contribution in [0.3, 0.4) is 0 Å². The van der Waals surface area contributed by atoms with Crippen LogP contribution in [0.2, 0.25) is 0 Å². The topological polar surface area (TPSA) is 94.3 Å². The molecule has 3 rings (SSSR count). The highest BCUT2D eigenvalue weighted by atomic mass is 32.1. The van der Waals surface area contributed by atoms with Gasteiger partial charge in [-0.1, -0.05) is 5.16 Å². The number of carbonyl (C=O) groups is 2. The van der Waals surface area contributed by atoms with Gasteiger partial charge in [0.2, 0.25) is 11.7 Å². The van der Waals surface area contributed by atoms with Crippen molar-refractivity contribution in [3.8, 4) is 11.4 Å². The number of aryl methyl sites for hydroxylation is 1. The fourth-order valence-corrected chi connectivity index (χ4v) is 2.84. The van der Waals surface area contributed by atoms with Crippen molar-refractivity contribution in [2.75, 3.05) is 5.32 Å². The third-order valence-corrected chi connectivity index (χ3v) is 4.34. The van der Waals surface area contributed by atoms with Gasteiger partial charge in [-0.25, -0.2) is 8.78 Å². The molecule has 0 bridgehead atoms. The minimum atomic E-state index is -1.17. The summed E-state index contributed by atoms with van der Waals surface area (Å²) in [6.45, 7) is 1.34. The van der Waals surface area contributed by atoms with Gasteiger partial charge in [0.15, 0.2) is 6.10 Å². The fraction of sp³-hybridized carbons (Fsp3) is 0.222. The molecule has 0 aliphatic heterocycles. The second kappa shape index (κ2) is 8.70. The zero-order valence-corrected chi connectivity index (χ0v) is 15.5. The van der Waals surface area contributed by atoms with Crippen LogP contribution >= 0.6 is 11.3 Å². The molecule has 0 saturated heterocycles. The lowest BCUT2D eigenvalue weighted by molar-refractivity contribution is -0.153. The predicted octanol–water partition coefficient (Wildman–Crippen LogP) is 3.58. The zero-order chi connectivity index (χ0) is 20.1. The number of hydrogen-bond donors (Lipinski definition) is 1. The van der Waals surface area contributed by atoms with Crippen molar-refractivity contribution < 1.29 is 27.6 Å². The third kappa shape index (κ3) is 4.97. The van der Waals surface area contributed by atoms with E-state index in [0.717, 1.165) is 17.7 Å². The molecule has 1 amide bonds. The molecule has 0 unspecified atom stereocenters. The van der Waals surface area contributed by atoms with Crippen LogP contribution in [-0.4, -0.2) is 28.1 Å². The van der Waals surface area contributed by atoms with Crippen LogP contribution in [0.1, 0.15) is 19.2 Å². The van der Waals surface area contributed by atoms with Crippen LogP contribution < -0.4 is 5.32 Å². The van der Waals surface area contributed by atoms with E-state index < -0.39 is 29.6 Å². The highest BCUT2D eigenvalue weighted by Gasteiger charge is 2.20. The third-order valence-electron chi connectivity index (χ3n) is 3.66. The Balaban J connectivity index is 1.48. The Hall–Kier alpha value is -3.14. The number of esters is 1. The Morgan fingerprint density at radius 3 is 2.86 bits per heavy atom. The fourth-order valence-electron chi connectivity index (χ4n) is 2.21. The van der Waals surface area contributed by atoms with E-state index in [0.29, 0.717) is 11.9 Å². The first kappa shape index (κ1) is 19.6. The van der Waals surface area contributed by atoms with Gasteiger partial charge in [0, 0.05) is 23.4 Å². The summed E-state index contributed by atoms with van der Waals surface area (Å²) in [5, 5.41) is 9.82. The maximum absolute atomic E-state index is 13.6. The quantitative estimate of drug-likeness (QED) is 0.602. The van der Waals surface area contributed by atoms with Crippen molar-refractivity contribution in [1.29, 1.82) is 0 Å². The molecule has 3 aromatic rings. The van der Waals surface area contributed by atoms with Crippen LogP contribution in [0.4, 0.5) is 14.5 Å². The first-order valence-corrected chi connectivity index (χ1v) is 9.17. The largest absolute Gasteiger partial charge is 0.453 e. The Labute approximate surface area is 162 Å². The van der Waals surface area contributed by atoms with Crippen molar-refractivity contribution in [2.45, 2.75) is 25.9 Å². The normalized spacial score (nSPS) is 11.8. The average Bonchev–Trinajstić information content (AvgIpc) is 3.33. The number of thiophene rings is 1. The smallest absolute Gasteiger partial charge is 0.307 e. The second-order valence-electron chi connectivity index (χ2n) is 5.77. The number of amides is 1. The SMILES string of the molecule is C[C@H](OC(=O)CCc1nc(-c2ccsc2)no1)C(=O)Nc1ccc(F)cc1F. The van der Waals surface area contributed by atoms with Crippen LogP contribution in [0, 0.1) is 11.6 Å². The second-order valence-corrected chi connectivity index (χ2v) is 6.55. The first-order valence-electron chi connectivity index (χ1n) is 8.23. The predicted molar refractivity (Wildman–Crippen MR) is 96.5 cm³/mol. The molecule has 0 aliphatic rings. The van der Waals surface area contributed by atoms with Crippen LogP contribution in [-0.2, 0) is 20.7 Å². The molecule has 146 valence electrons. The summed E-state index contributed by atoms with van der Waals surface area (Å²) in [5.41, 5.74) is 0.613. The molecular weight excluding hydrogens is 392 g/mol. The van der Waals surface area contributed by atoms with Crippen LogP contribution in [0.15, 0.2) is 39.5 Å². The van der Waals surface area contributed by atoms with Gasteiger partial charge >= 0.3 is 5.97 Å². The number of nitrogens with zero attached hydrogens (tertiary/aromatic N) is 2. The monoisotopic (exact) mass is 407 g/mol. The van der Waals surface area contributed by atoms with Gasteiger partial charge < -0.3 is 14.6 Å². The lowest BCUT2D eigenvalue weighted by Crippen LogP contribution is -2.30. The van der Waals surface area contributed by atoms with E-state index in [-0.39, 0.29) is 24.4 Å². The molecule has 2 aromatic heterocycles. The van der Waals surface area contributed by atoms with Gasteiger partial charge in [-0.3, -0.25) is 9.59 Å². The highest BCUT2D eigenvalue weighted by molar-refractivity contribution is 7.08. The van der Waals surface area contributed by atoms with E-state index >= 15 is 0 Å². The number of carbonyl (C=O) groups excluding carboxylic acids is 2. The molecule has 0 fully saturated rings. The summed E-state index contributed by atoms with van der Waals surface area (Å²) in [7, 11) is 0. The van der Waals surface area contributed by atoms with Gasteiger partial charge in [-0.05, 0) is 30.5 Å². The molecule has 1 aromatic carbocycles. The Kier molecular flexibility index (Phi) is 6.09. The lowest BCUT2D eigenvalue weighted by atomic mass is 10.2. The molecule has 1 N–H and O–H groups in total. The van der Waals surface area contributed by atoms with Crippen molar-refractivity contribution in [3.63, 3.8) is 0 Å². The van der Waals surface area contributed by atoms with E-state index in [2.05, 4.69) is 15.5 Å². The molecule has 28 heavy (non-hydrogen) atoms. The Morgan fingerprint density at radius 1 is 1.32 bits per heavy atom. The summed E-state index contributed by atoms with van der Waals surface area (Å²) in [5.74, 6) is -2.39. The van der Waals surface area contributed by atoms with Gasteiger partial charge in [0.1, 0.15) is 11.6 Å². The van der Waals surface area contributed by atoms with E-state index in [1.54, 1.807) is 0 Å². The number of anilines is 1. The maximum Gasteiger partial charge on any atom is 0.307 e. The number of rotatable bonds is 7. The molecule has 0 spiro atoms. The Morgan fingerprint density at radius 2 is 2.14 bits per heavy atom. The molecule has 2 heterocycles. The number of hydrogen-bond acceptors (Lipinski definition) is 7. The summed E-state index contributed by atoms with van der Waals surface area (Å²) >= 11 is 1.50. The summed E-state index contributed by atoms with van der Waals surface area (Å²) < 4.78 is 36.5.